The maximum atomic E-state index is 12.7. The Bertz CT molecular complexity index is 704. The van der Waals surface area contributed by atoms with Gasteiger partial charge in [-0.05, 0) is 24.6 Å². The minimum Gasteiger partial charge on any atom is -0.493 e. The van der Waals surface area contributed by atoms with Gasteiger partial charge in [-0.15, -0.1) is 12.4 Å². The zero-order valence-electron chi connectivity index (χ0n) is 14.6. The maximum Gasteiger partial charge on any atom is 0.226 e. The van der Waals surface area contributed by atoms with Crippen molar-refractivity contribution in [3.05, 3.63) is 48.0 Å². The van der Waals surface area contributed by atoms with Crippen molar-refractivity contribution >= 4 is 18.3 Å². The summed E-state index contributed by atoms with van der Waals surface area (Å²) < 4.78 is 7.69. The number of ether oxygens (including phenoxy) is 1. The average Bonchev–Trinajstić information content (AvgIpc) is 3.01. The molecule has 1 aromatic carbocycles. The van der Waals surface area contributed by atoms with Gasteiger partial charge in [-0.2, -0.15) is 0 Å². The molecule has 1 aliphatic rings. The topological polar surface area (TPSA) is 59.4 Å². The molecule has 0 bridgehead atoms. The van der Waals surface area contributed by atoms with Gasteiger partial charge >= 0.3 is 0 Å². The third-order valence-electron chi connectivity index (χ3n) is 4.29. The van der Waals surface area contributed by atoms with E-state index in [0.29, 0.717) is 19.6 Å². The Labute approximate surface area is 154 Å². The molecular formula is C18H25ClN4O2. The van der Waals surface area contributed by atoms with Crippen LogP contribution in [0, 0.1) is 6.92 Å². The maximum absolute atomic E-state index is 12.7. The summed E-state index contributed by atoms with van der Waals surface area (Å²) in [4.78, 5) is 19.0. The Morgan fingerprint density at radius 1 is 1.44 bits per heavy atom. The molecule has 0 spiro atoms. The van der Waals surface area contributed by atoms with Crippen molar-refractivity contribution in [1.82, 2.24) is 19.8 Å². The number of imidazole rings is 1. The monoisotopic (exact) mass is 364 g/mol. The first-order valence-corrected chi connectivity index (χ1v) is 8.32. The van der Waals surface area contributed by atoms with Crippen LogP contribution < -0.4 is 10.1 Å². The highest BCUT2D eigenvalue weighted by Crippen LogP contribution is 2.21. The summed E-state index contributed by atoms with van der Waals surface area (Å²) in [6, 6.07) is 7.85. The zero-order chi connectivity index (χ0) is 16.9. The van der Waals surface area contributed by atoms with Gasteiger partial charge in [0, 0.05) is 39.1 Å². The van der Waals surface area contributed by atoms with E-state index in [-0.39, 0.29) is 24.4 Å². The normalized spacial score (nSPS) is 17.0. The number of amides is 1. The summed E-state index contributed by atoms with van der Waals surface area (Å²) in [6.45, 7) is 4.65. The Hall–Kier alpha value is -2.05. The number of hydrogen-bond donors (Lipinski definition) is 1. The van der Waals surface area contributed by atoms with Crippen molar-refractivity contribution in [2.24, 2.45) is 7.05 Å². The quantitative estimate of drug-likeness (QED) is 0.882. The Balaban J connectivity index is 0.00000225. The molecule has 3 rings (SSSR count). The number of nitrogens with one attached hydrogen (secondary N) is 1. The first-order chi connectivity index (χ1) is 11.6. The second kappa shape index (κ2) is 8.87. The number of halogens is 1. The number of benzene rings is 1. The van der Waals surface area contributed by atoms with E-state index in [2.05, 4.69) is 10.3 Å². The Morgan fingerprint density at radius 3 is 3.00 bits per heavy atom. The summed E-state index contributed by atoms with van der Waals surface area (Å²) in [7, 11) is 1.96. The molecule has 1 aliphatic heterocycles. The molecule has 1 aromatic heterocycles. The van der Waals surface area contributed by atoms with Gasteiger partial charge in [0.2, 0.25) is 5.91 Å². The van der Waals surface area contributed by atoms with Crippen LogP contribution in [0.4, 0.5) is 0 Å². The SMILES string of the molecule is Cc1cccc(OCCC(=O)N2CCNCC2c2nccn2C)c1.Cl. The van der Waals surface area contributed by atoms with E-state index in [1.54, 1.807) is 6.20 Å². The van der Waals surface area contributed by atoms with Crippen LogP contribution in [0.3, 0.4) is 0 Å². The van der Waals surface area contributed by atoms with Crippen LogP contribution in [0.2, 0.25) is 0 Å². The lowest BCUT2D eigenvalue weighted by Crippen LogP contribution is -2.49. The molecule has 2 heterocycles. The lowest BCUT2D eigenvalue weighted by molar-refractivity contribution is -0.135. The fourth-order valence-electron chi connectivity index (χ4n) is 3.04. The summed E-state index contributed by atoms with van der Waals surface area (Å²) in [5.74, 6) is 1.83. The predicted molar refractivity (Wildman–Crippen MR) is 99.1 cm³/mol. The predicted octanol–water partition coefficient (Wildman–Crippen LogP) is 2.09. The van der Waals surface area contributed by atoms with Gasteiger partial charge in [0.25, 0.3) is 0 Å². The van der Waals surface area contributed by atoms with Crippen molar-refractivity contribution in [2.45, 2.75) is 19.4 Å². The van der Waals surface area contributed by atoms with Crippen molar-refractivity contribution in [3.63, 3.8) is 0 Å². The first-order valence-electron chi connectivity index (χ1n) is 8.32. The van der Waals surface area contributed by atoms with E-state index in [0.717, 1.165) is 30.2 Å². The van der Waals surface area contributed by atoms with Crippen LogP contribution in [0.5, 0.6) is 5.75 Å². The van der Waals surface area contributed by atoms with Gasteiger partial charge in [0.05, 0.1) is 13.0 Å². The van der Waals surface area contributed by atoms with Crippen LogP contribution in [-0.2, 0) is 11.8 Å². The third kappa shape index (κ3) is 4.74. The fourth-order valence-corrected chi connectivity index (χ4v) is 3.04. The zero-order valence-corrected chi connectivity index (χ0v) is 15.5. The van der Waals surface area contributed by atoms with Crippen molar-refractivity contribution in [2.75, 3.05) is 26.2 Å². The highest BCUT2D eigenvalue weighted by atomic mass is 35.5. The fraction of sp³-hybridized carbons (Fsp3) is 0.444. The van der Waals surface area contributed by atoms with Gasteiger partial charge < -0.3 is 19.5 Å². The molecule has 6 nitrogen and oxygen atoms in total. The number of aryl methyl sites for hydroxylation is 2. The van der Waals surface area contributed by atoms with E-state index >= 15 is 0 Å². The molecule has 25 heavy (non-hydrogen) atoms. The molecule has 2 aromatic rings. The van der Waals surface area contributed by atoms with E-state index < -0.39 is 0 Å². The Kier molecular flexibility index (Phi) is 6.84. The van der Waals surface area contributed by atoms with Crippen LogP contribution in [0.15, 0.2) is 36.7 Å². The molecule has 1 atom stereocenters. The number of rotatable bonds is 5. The summed E-state index contributed by atoms with van der Waals surface area (Å²) in [5, 5.41) is 3.34. The molecule has 0 aliphatic carbocycles. The van der Waals surface area contributed by atoms with Gasteiger partial charge in [0.1, 0.15) is 17.6 Å². The average molecular weight is 365 g/mol. The van der Waals surface area contributed by atoms with Crippen LogP contribution in [0.1, 0.15) is 23.9 Å². The van der Waals surface area contributed by atoms with Crippen LogP contribution in [-0.4, -0.2) is 46.6 Å². The lowest BCUT2D eigenvalue weighted by atomic mass is 10.1. The summed E-state index contributed by atoms with van der Waals surface area (Å²) >= 11 is 0. The van der Waals surface area contributed by atoms with Gasteiger partial charge in [-0.3, -0.25) is 4.79 Å². The van der Waals surface area contributed by atoms with E-state index in [1.807, 2.05) is 53.9 Å². The number of carbonyl (C=O) groups excluding carboxylic acids is 1. The van der Waals surface area contributed by atoms with E-state index in [1.165, 1.54) is 0 Å². The van der Waals surface area contributed by atoms with Gasteiger partial charge in [-0.1, -0.05) is 12.1 Å². The number of nitrogens with zero attached hydrogens (tertiary/aromatic N) is 3. The number of piperazine rings is 1. The van der Waals surface area contributed by atoms with Crippen molar-refractivity contribution in [3.8, 4) is 5.75 Å². The highest BCUT2D eigenvalue weighted by molar-refractivity contribution is 5.85. The van der Waals surface area contributed by atoms with Crippen molar-refractivity contribution in [1.29, 1.82) is 0 Å². The Morgan fingerprint density at radius 2 is 2.28 bits per heavy atom. The van der Waals surface area contributed by atoms with Crippen LogP contribution >= 0.6 is 12.4 Å². The molecule has 1 N–H and O–H groups in total. The third-order valence-corrected chi connectivity index (χ3v) is 4.29. The molecule has 1 fully saturated rings. The summed E-state index contributed by atoms with van der Waals surface area (Å²) in [6.07, 6.45) is 4.05. The molecule has 1 saturated heterocycles. The van der Waals surface area contributed by atoms with Gasteiger partial charge in [-0.25, -0.2) is 4.98 Å². The number of hydrogen-bond acceptors (Lipinski definition) is 4. The van der Waals surface area contributed by atoms with Gasteiger partial charge in [0.15, 0.2) is 0 Å². The molecular weight excluding hydrogens is 340 g/mol. The number of carbonyl (C=O) groups is 1. The van der Waals surface area contributed by atoms with Crippen LogP contribution in [0.25, 0.3) is 0 Å². The molecule has 136 valence electrons. The standard InChI is InChI=1S/C18H24N4O2.ClH/c1-14-4-3-5-15(12-14)24-11-6-17(23)22-10-7-19-13-16(22)18-20-8-9-21(18)2;/h3-5,8-9,12,16,19H,6-7,10-11,13H2,1-2H3;1H. The highest BCUT2D eigenvalue weighted by Gasteiger charge is 2.30. The largest absolute Gasteiger partial charge is 0.493 e. The second-order valence-electron chi connectivity index (χ2n) is 6.12. The molecule has 0 radical (unpaired) electrons. The second-order valence-corrected chi connectivity index (χ2v) is 6.12. The van der Waals surface area contributed by atoms with E-state index in [9.17, 15) is 4.79 Å². The number of aromatic nitrogens is 2. The molecule has 0 saturated carbocycles. The first kappa shape index (κ1) is 19.3. The minimum atomic E-state index is -0.0229. The molecule has 1 amide bonds. The smallest absolute Gasteiger partial charge is 0.226 e. The molecule has 7 heteroatoms. The van der Waals surface area contributed by atoms with Crippen molar-refractivity contribution < 1.29 is 9.53 Å². The lowest BCUT2D eigenvalue weighted by Gasteiger charge is -2.35. The van der Waals surface area contributed by atoms with E-state index in [4.69, 9.17) is 4.74 Å². The summed E-state index contributed by atoms with van der Waals surface area (Å²) in [5.41, 5.74) is 1.15. The minimum absolute atomic E-state index is 0. The molecule has 1 unspecified atom stereocenters.